The van der Waals surface area contributed by atoms with E-state index in [1.54, 1.807) is 18.2 Å². The fourth-order valence-electron chi connectivity index (χ4n) is 4.16. The molecule has 3 rings (SSSR count). The molecule has 1 aromatic carbocycles. The van der Waals surface area contributed by atoms with Gasteiger partial charge in [0, 0.05) is 25.3 Å². The van der Waals surface area contributed by atoms with Crippen LogP contribution in [-0.2, 0) is 23.8 Å². The number of hydrogen-bond donors (Lipinski definition) is 3. The highest BCUT2D eigenvalue weighted by molar-refractivity contribution is 6.25. The van der Waals surface area contributed by atoms with Gasteiger partial charge >= 0.3 is 0 Å². The number of benzene rings is 1. The van der Waals surface area contributed by atoms with Crippen molar-refractivity contribution < 1.29 is 33.4 Å². The number of piperidine rings is 1. The van der Waals surface area contributed by atoms with Crippen molar-refractivity contribution in [2.75, 3.05) is 58.0 Å². The first-order chi connectivity index (χ1) is 17.5. The number of rotatable bonds is 17. The number of carbonyl (C=O) groups is 4. The summed E-state index contributed by atoms with van der Waals surface area (Å²) in [6.45, 7) is 4.23. The van der Waals surface area contributed by atoms with Crippen LogP contribution in [0.3, 0.4) is 0 Å². The molecule has 1 unspecified atom stereocenters. The lowest BCUT2D eigenvalue weighted by molar-refractivity contribution is -0.136. The van der Waals surface area contributed by atoms with E-state index >= 15 is 0 Å². The van der Waals surface area contributed by atoms with Crippen LogP contribution >= 0.6 is 0 Å². The molecule has 1 saturated heterocycles. The van der Waals surface area contributed by atoms with Gasteiger partial charge in [-0.25, -0.2) is 0 Å². The summed E-state index contributed by atoms with van der Waals surface area (Å²) in [5, 5.41) is 5.33. The van der Waals surface area contributed by atoms with Gasteiger partial charge in [0.1, 0.15) is 6.04 Å². The van der Waals surface area contributed by atoms with Crippen molar-refractivity contribution in [1.82, 2.24) is 10.2 Å². The molecule has 2 aliphatic heterocycles. The Balaban J connectivity index is 1.32. The topological polar surface area (TPSA) is 149 Å². The van der Waals surface area contributed by atoms with Gasteiger partial charge in [0.2, 0.25) is 11.8 Å². The summed E-state index contributed by atoms with van der Waals surface area (Å²) >= 11 is 0. The molecule has 0 bridgehead atoms. The largest absolute Gasteiger partial charge is 0.382 e. The lowest BCUT2D eigenvalue weighted by Gasteiger charge is -2.27. The average Bonchev–Trinajstić information content (AvgIpc) is 3.12. The molecular weight excluding hydrogens is 468 g/mol. The Hall–Kier alpha value is -2.86. The first kappa shape index (κ1) is 27.7. The Kier molecular flexibility index (Phi) is 11.3. The highest BCUT2D eigenvalue weighted by atomic mass is 16.5. The first-order valence-electron chi connectivity index (χ1n) is 12.6. The molecule has 0 aromatic heterocycles. The van der Waals surface area contributed by atoms with Gasteiger partial charge in [-0.15, -0.1) is 0 Å². The van der Waals surface area contributed by atoms with E-state index in [1.807, 2.05) is 0 Å². The zero-order valence-corrected chi connectivity index (χ0v) is 20.6. The Bertz CT molecular complexity index is 924. The van der Waals surface area contributed by atoms with Crippen LogP contribution in [0.15, 0.2) is 18.2 Å². The number of nitrogens with one attached hydrogen (secondary N) is 2. The van der Waals surface area contributed by atoms with Gasteiger partial charge in [-0.05, 0) is 37.9 Å². The minimum Gasteiger partial charge on any atom is -0.382 e. The molecule has 11 heteroatoms. The van der Waals surface area contributed by atoms with Crippen LogP contribution in [0.2, 0.25) is 0 Å². The van der Waals surface area contributed by atoms with E-state index in [0.717, 1.165) is 43.7 Å². The second kappa shape index (κ2) is 14.6. The second-order valence-electron chi connectivity index (χ2n) is 8.64. The highest BCUT2D eigenvalue weighted by Gasteiger charge is 2.45. The molecule has 0 spiro atoms. The van der Waals surface area contributed by atoms with E-state index < -0.39 is 29.7 Å². The third-order valence-corrected chi connectivity index (χ3v) is 6.02. The van der Waals surface area contributed by atoms with E-state index in [4.69, 9.17) is 19.9 Å². The number of nitrogens with two attached hydrogens (primary N) is 1. The lowest BCUT2D eigenvalue weighted by atomic mass is 10.0. The van der Waals surface area contributed by atoms with E-state index in [2.05, 4.69) is 10.6 Å². The predicted molar refractivity (Wildman–Crippen MR) is 132 cm³/mol. The quantitative estimate of drug-likeness (QED) is 0.209. The van der Waals surface area contributed by atoms with Gasteiger partial charge in [-0.3, -0.25) is 29.4 Å². The maximum absolute atomic E-state index is 13.1. The maximum Gasteiger partial charge on any atom is 0.264 e. The van der Waals surface area contributed by atoms with Gasteiger partial charge in [0.15, 0.2) is 0 Å². The number of fused-ring (bicyclic) bond motifs is 1. The monoisotopic (exact) mass is 504 g/mol. The predicted octanol–water partition coefficient (Wildman–Crippen LogP) is 1.07. The van der Waals surface area contributed by atoms with E-state index in [0.29, 0.717) is 45.3 Å². The second-order valence-corrected chi connectivity index (χ2v) is 8.64. The van der Waals surface area contributed by atoms with Gasteiger partial charge in [-0.1, -0.05) is 18.9 Å². The SMILES string of the molecule is NCCCCCCOCCOCCOCCNc1cccc2c1C(=O)N(C1CCC(=O)NC1=O)C2=O. The van der Waals surface area contributed by atoms with E-state index in [1.165, 1.54) is 0 Å². The number of amides is 4. The Labute approximate surface area is 211 Å². The van der Waals surface area contributed by atoms with Crippen molar-refractivity contribution in [1.29, 1.82) is 0 Å². The Morgan fingerprint density at radius 2 is 1.58 bits per heavy atom. The molecule has 36 heavy (non-hydrogen) atoms. The minimum atomic E-state index is -0.988. The standard InChI is InChI=1S/C25H36N4O7/c26-10-3-1-2-4-12-34-14-16-36-17-15-35-13-11-27-19-7-5-6-18-22(19)25(33)29(24(18)32)20-8-9-21(30)28-23(20)31/h5-7,20,27H,1-4,8-17,26H2,(H,28,30,31). The third kappa shape index (κ3) is 7.57. The number of hydrogen-bond acceptors (Lipinski definition) is 9. The first-order valence-corrected chi connectivity index (χ1v) is 12.6. The zero-order chi connectivity index (χ0) is 25.8. The smallest absolute Gasteiger partial charge is 0.264 e. The van der Waals surface area contributed by atoms with Crippen LogP contribution in [-0.4, -0.2) is 87.3 Å². The van der Waals surface area contributed by atoms with Crippen molar-refractivity contribution in [2.45, 2.75) is 44.6 Å². The van der Waals surface area contributed by atoms with Crippen LogP contribution in [0.1, 0.15) is 59.2 Å². The van der Waals surface area contributed by atoms with Crippen LogP contribution in [0, 0.1) is 0 Å². The lowest BCUT2D eigenvalue weighted by Crippen LogP contribution is -2.54. The molecule has 2 heterocycles. The van der Waals surface area contributed by atoms with Gasteiger partial charge in [0.05, 0.1) is 44.2 Å². The average molecular weight is 505 g/mol. The number of anilines is 1. The molecule has 0 radical (unpaired) electrons. The van der Waals surface area contributed by atoms with Crippen molar-refractivity contribution >= 4 is 29.3 Å². The number of ether oxygens (including phenoxy) is 3. The van der Waals surface area contributed by atoms with Gasteiger partial charge < -0.3 is 25.3 Å². The third-order valence-electron chi connectivity index (χ3n) is 6.02. The molecule has 0 saturated carbocycles. The van der Waals surface area contributed by atoms with Gasteiger partial charge in [-0.2, -0.15) is 0 Å². The van der Waals surface area contributed by atoms with Crippen molar-refractivity contribution in [3.63, 3.8) is 0 Å². The number of nitrogens with zero attached hydrogens (tertiary/aromatic N) is 1. The molecule has 198 valence electrons. The Morgan fingerprint density at radius 1 is 0.889 bits per heavy atom. The van der Waals surface area contributed by atoms with Gasteiger partial charge in [0.25, 0.3) is 11.8 Å². The summed E-state index contributed by atoms with van der Waals surface area (Å²) in [5.41, 5.74) is 6.43. The molecular formula is C25H36N4O7. The molecule has 1 fully saturated rings. The number of unbranched alkanes of at least 4 members (excludes halogenated alkanes) is 3. The number of imide groups is 2. The molecule has 1 aromatic rings. The summed E-state index contributed by atoms with van der Waals surface area (Å²) in [4.78, 5) is 50.5. The van der Waals surface area contributed by atoms with Crippen molar-refractivity contribution in [3.05, 3.63) is 29.3 Å². The summed E-state index contributed by atoms with van der Waals surface area (Å²) in [6.07, 6.45) is 4.58. The van der Waals surface area contributed by atoms with Crippen LogP contribution in [0.25, 0.3) is 0 Å². The fraction of sp³-hybridized carbons (Fsp3) is 0.600. The molecule has 11 nitrogen and oxygen atoms in total. The molecule has 0 aliphatic carbocycles. The minimum absolute atomic E-state index is 0.0820. The highest BCUT2D eigenvalue weighted by Crippen LogP contribution is 2.32. The molecule has 2 aliphatic rings. The van der Waals surface area contributed by atoms with Crippen LogP contribution < -0.4 is 16.4 Å². The maximum atomic E-state index is 13.1. The van der Waals surface area contributed by atoms with Crippen molar-refractivity contribution in [2.24, 2.45) is 5.73 Å². The van der Waals surface area contributed by atoms with Crippen LogP contribution in [0.5, 0.6) is 0 Å². The molecule has 4 N–H and O–H groups in total. The molecule has 4 amide bonds. The van der Waals surface area contributed by atoms with E-state index in [-0.39, 0.29) is 24.0 Å². The zero-order valence-electron chi connectivity index (χ0n) is 20.6. The molecule has 1 atom stereocenters. The fourth-order valence-corrected chi connectivity index (χ4v) is 4.16. The summed E-state index contributed by atoms with van der Waals surface area (Å²) in [5.74, 6) is -2.11. The normalized spacial score (nSPS) is 17.5. The number of carbonyl (C=O) groups excluding carboxylic acids is 4. The summed E-state index contributed by atoms with van der Waals surface area (Å²) in [7, 11) is 0. The van der Waals surface area contributed by atoms with Crippen LogP contribution in [0.4, 0.5) is 5.69 Å². The Morgan fingerprint density at radius 3 is 2.31 bits per heavy atom. The van der Waals surface area contributed by atoms with E-state index in [9.17, 15) is 19.2 Å². The van der Waals surface area contributed by atoms with Crippen molar-refractivity contribution in [3.8, 4) is 0 Å². The summed E-state index contributed by atoms with van der Waals surface area (Å²) < 4.78 is 16.6. The summed E-state index contributed by atoms with van der Waals surface area (Å²) in [6, 6.07) is 3.96.